The summed E-state index contributed by atoms with van der Waals surface area (Å²) >= 11 is 0. The Kier molecular flexibility index (Phi) is 3.72. The molecule has 0 aromatic carbocycles. The van der Waals surface area contributed by atoms with Crippen molar-refractivity contribution in [2.24, 2.45) is 5.73 Å². The molecule has 0 bridgehead atoms. The van der Waals surface area contributed by atoms with Crippen LogP contribution in [0.15, 0.2) is 48.9 Å². The lowest BCUT2D eigenvalue weighted by Crippen LogP contribution is -2.15. The van der Waals surface area contributed by atoms with Crippen LogP contribution in [0.2, 0.25) is 0 Å². The predicted octanol–water partition coefficient (Wildman–Crippen LogP) is 2.20. The molecule has 0 spiro atoms. The number of amides is 1. The van der Waals surface area contributed by atoms with Crippen molar-refractivity contribution < 1.29 is 4.79 Å². The monoisotopic (exact) mass is 305 g/mol. The predicted molar refractivity (Wildman–Crippen MR) is 88.4 cm³/mol. The Morgan fingerprint density at radius 2 is 1.96 bits per heavy atom. The van der Waals surface area contributed by atoms with Crippen LogP contribution in [0.1, 0.15) is 16.1 Å². The number of nitrogens with zero attached hydrogens (tertiary/aromatic N) is 3. The van der Waals surface area contributed by atoms with Crippen LogP contribution in [0, 0.1) is 6.92 Å². The Labute approximate surface area is 133 Å². The van der Waals surface area contributed by atoms with Crippen LogP contribution in [-0.2, 0) is 0 Å². The first-order valence-electron chi connectivity index (χ1n) is 7.00. The van der Waals surface area contributed by atoms with Crippen LogP contribution in [0.5, 0.6) is 0 Å². The Balaban J connectivity index is 2.24. The van der Waals surface area contributed by atoms with Gasteiger partial charge in [-0.3, -0.25) is 14.8 Å². The van der Waals surface area contributed by atoms with Crippen LogP contribution in [0.25, 0.3) is 22.5 Å². The summed E-state index contributed by atoms with van der Waals surface area (Å²) in [4.78, 5) is 24.6. The van der Waals surface area contributed by atoms with Gasteiger partial charge in [0.25, 0.3) is 5.91 Å². The zero-order chi connectivity index (χ0) is 16.4. The molecule has 4 N–H and O–H groups in total. The van der Waals surface area contributed by atoms with Crippen LogP contribution < -0.4 is 11.5 Å². The van der Waals surface area contributed by atoms with Gasteiger partial charge in [0.1, 0.15) is 0 Å². The van der Waals surface area contributed by atoms with Crippen molar-refractivity contribution in [3.8, 4) is 22.5 Å². The van der Waals surface area contributed by atoms with Crippen molar-refractivity contribution in [3.63, 3.8) is 0 Å². The first-order valence-corrected chi connectivity index (χ1v) is 7.00. The second kappa shape index (κ2) is 5.84. The van der Waals surface area contributed by atoms with Crippen molar-refractivity contribution >= 4 is 11.6 Å². The lowest BCUT2D eigenvalue weighted by molar-refractivity contribution is 0.100. The highest BCUT2D eigenvalue weighted by atomic mass is 16.1. The third-order valence-corrected chi connectivity index (χ3v) is 3.47. The second-order valence-corrected chi connectivity index (χ2v) is 5.11. The fraction of sp³-hybridized carbons (Fsp3) is 0.0588. The summed E-state index contributed by atoms with van der Waals surface area (Å²) in [5.41, 5.74) is 15.5. The second-order valence-electron chi connectivity index (χ2n) is 5.11. The molecule has 23 heavy (non-hydrogen) atoms. The van der Waals surface area contributed by atoms with E-state index in [9.17, 15) is 4.79 Å². The van der Waals surface area contributed by atoms with E-state index in [1.54, 1.807) is 30.7 Å². The number of anilines is 1. The Morgan fingerprint density at radius 1 is 1.13 bits per heavy atom. The third-order valence-electron chi connectivity index (χ3n) is 3.47. The van der Waals surface area contributed by atoms with Crippen molar-refractivity contribution in [1.29, 1.82) is 0 Å². The average molecular weight is 305 g/mol. The van der Waals surface area contributed by atoms with E-state index in [4.69, 9.17) is 11.5 Å². The zero-order valence-corrected chi connectivity index (χ0v) is 12.5. The van der Waals surface area contributed by atoms with E-state index >= 15 is 0 Å². The van der Waals surface area contributed by atoms with E-state index in [2.05, 4.69) is 15.0 Å². The summed E-state index contributed by atoms with van der Waals surface area (Å²) in [7, 11) is 0. The van der Waals surface area contributed by atoms with Gasteiger partial charge in [-0.05, 0) is 37.3 Å². The summed E-state index contributed by atoms with van der Waals surface area (Å²) in [5, 5.41) is 0. The van der Waals surface area contributed by atoms with Gasteiger partial charge >= 0.3 is 0 Å². The van der Waals surface area contributed by atoms with Gasteiger partial charge in [-0.1, -0.05) is 0 Å². The summed E-state index contributed by atoms with van der Waals surface area (Å²) in [6, 6.07) is 8.96. The molecule has 0 aliphatic carbocycles. The first-order chi connectivity index (χ1) is 11.1. The van der Waals surface area contributed by atoms with E-state index in [0.717, 1.165) is 16.8 Å². The van der Waals surface area contributed by atoms with E-state index in [0.29, 0.717) is 11.4 Å². The fourth-order valence-corrected chi connectivity index (χ4v) is 2.25. The third kappa shape index (κ3) is 2.87. The molecule has 114 valence electrons. The summed E-state index contributed by atoms with van der Waals surface area (Å²) < 4.78 is 0. The largest absolute Gasteiger partial charge is 0.396 e. The quantitative estimate of drug-likeness (QED) is 0.771. The Bertz CT molecular complexity index is 860. The van der Waals surface area contributed by atoms with Gasteiger partial charge < -0.3 is 11.5 Å². The van der Waals surface area contributed by atoms with Crippen LogP contribution in [0.3, 0.4) is 0 Å². The maximum Gasteiger partial charge on any atom is 0.250 e. The number of hydrogen-bond acceptors (Lipinski definition) is 5. The molecule has 1 amide bonds. The number of aryl methyl sites for hydroxylation is 1. The number of aromatic nitrogens is 3. The number of carbonyl (C=O) groups excluding carboxylic acids is 1. The van der Waals surface area contributed by atoms with Gasteiger partial charge in [0.2, 0.25) is 0 Å². The minimum absolute atomic E-state index is 0.231. The highest BCUT2D eigenvalue weighted by Crippen LogP contribution is 2.30. The number of nitrogen functional groups attached to an aromatic ring is 1. The molecule has 3 aromatic heterocycles. The van der Waals surface area contributed by atoms with E-state index < -0.39 is 5.91 Å². The highest BCUT2D eigenvalue weighted by Gasteiger charge is 2.16. The lowest BCUT2D eigenvalue weighted by atomic mass is 10.0. The molecule has 6 heteroatoms. The number of primary amides is 1. The van der Waals surface area contributed by atoms with Gasteiger partial charge in [-0.25, -0.2) is 4.98 Å². The highest BCUT2D eigenvalue weighted by molar-refractivity contribution is 6.02. The molecule has 0 atom stereocenters. The molecule has 0 aliphatic rings. The van der Waals surface area contributed by atoms with Gasteiger partial charge in [-0.15, -0.1) is 0 Å². The maximum absolute atomic E-state index is 11.7. The Hall–Kier alpha value is -3.28. The first kappa shape index (κ1) is 14.6. The molecule has 0 aliphatic heterocycles. The van der Waals surface area contributed by atoms with Crippen molar-refractivity contribution in [1.82, 2.24) is 15.0 Å². The lowest BCUT2D eigenvalue weighted by Gasteiger charge is -2.11. The molecule has 3 rings (SSSR count). The number of pyridine rings is 3. The molecule has 0 radical (unpaired) electrons. The summed E-state index contributed by atoms with van der Waals surface area (Å²) in [6.45, 7) is 1.90. The van der Waals surface area contributed by atoms with Gasteiger partial charge in [0.15, 0.2) is 0 Å². The topological polar surface area (TPSA) is 108 Å². The molecule has 0 saturated carbocycles. The minimum Gasteiger partial charge on any atom is -0.396 e. The Morgan fingerprint density at radius 3 is 2.57 bits per heavy atom. The number of hydrogen-bond donors (Lipinski definition) is 2. The van der Waals surface area contributed by atoms with E-state index in [1.807, 2.05) is 25.1 Å². The van der Waals surface area contributed by atoms with Crippen LogP contribution >= 0.6 is 0 Å². The maximum atomic E-state index is 11.7. The standard InChI is InChI=1S/C17H15N5O/c1-10-4-5-11(9-21-10)14-7-13(17(19)23)15(18)16(22-14)12-3-2-6-20-8-12/h2-9H,18H2,1H3,(H2,19,23). The van der Waals surface area contributed by atoms with Gasteiger partial charge in [0.05, 0.1) is 22.6 Å². The van der Waals surface area contributed by atoms with Crippen LogP contribution in [-0.4, -0.2) is 20.9 Å². The van der Waals surface area contributed by atoms with Crippen molar-refractivity contribution in [2.45, 2.75) is 6.92 Å². The average Bonchev–Trinajstić information content (AvgIpc) is 2.56. The molecule has 0 fully saturated rings. The number of rotatable bonds is 3. The molecular weight excluding hydrogens is 290 g/mol. The van der Waals surface area contributed by atoms with Crippen molar-refractivity contribution in [2.75, 3.05) is 5.73 Å². The van der Waals surface area contributed by atoms with Gasteiger partial charge in [0, 0.05) is 35.4 Å². The zero-order valence-electron chi connectivity index (χ0n) is 12.5. The molecule has 3 heterocycles. The SMILES string of the molecule is Cc1ccc(-c2cc(C(N)=O)c(N)c(-c3cccnc3)n2)cn1. The molecular formula is C17H15N5O. The van der Waals surface area contributed by atoms with E-state index in [-0.39, 0.29) is 11.3 Å². The minimum atomic E-state index is -0.601. The number of carbonyl (C=O) groups is 1. The van der Waals surface area contributed by atoms with Crippen LogP contribution in [0.4, 0.5) is 5.69 Å². The number of nitrogens with two attached hydrogens (primary N) is 2. The fourth-order valence-electron chi connectivity index (χ4n) is 2.25. The van der Waals surface area contributed by atoms with Crippen molar-refractivity contribution in [3.05, 3.63) is 60.2 Å². The summed E-state index contributed by atoms with van der Waals surface area (Å²) in [5.74, 6) is -0.601. The molecule has 6 nitrogen and oxygen atoms in total. The molecule has 0 saturated heterocycles. The van der Waals surface area contributed by atoms with E-state index in [1.165, 1.54) is 0 Å². The smallest absolute Gasteiger partial charge is 0.250 e. The normalized spacial score (nSPS) is 10.5. The molecule has 0 unspecified atom stereocenters. The summed E-state index contributed by atoms with van der Waals surface area (Å²) in [6.07, 6.45) is 4.99. The van der Waals surface area contributed by atoms with Gasteiger partial charge in [-0.2, -0.15) is 0 Å². The molecule has 3 aromatic rings.